The van der Waals surface area contributed by atoms with Crippen molar-refractivity contribution < 1.29 is 19.0 Å². The lowest BCUT2D eigenvalue weighted by Gasteiger charge is -2.21. The number of carbonyl (C=O) groups is 1. The second kappa shape index (κ2) is 6.88. The van der Waals surface area contributed by atoms with E-state index in [0.717, 1.165) is 15.7 Å². The molecule has 0 atom stereocenters. The van der Waals surface area contributed by atoms with Gasteiger partial charge < -0.3 is 19.1 Å². The van der Waals surface area contributed by atoms with E-state index in [1.807, 2.05) is 12.1 Å². The first-order valence-corrected chi connectivity index (χ1v) is 8.57. The highest BCUT2D eigenvalue weighted by molar-refractivity contribution is 14.1. The van der Waals surface area contributed by atoms with Gasteiger partial charge in [0, 0.05) is 22.2 Å². The number of ether oxygens (including phenoxy) is 3. The molecule has 0 aliphatic carbocycles. The van der Waals surface area contributed by atoms with Crippen molar-refractivity contribution in [3.63, 3.8) is 0 Å². The Balaban J connectivity index is 2.06. The predicted octanol–water partition coefficient (Wildman–Crippen LogP) is 3.52. The van der Waals surface area contributed by atoms with Crippen LogP contribution in [0.15, 0.2) is 30.3 Å². The molecule has 126 valence electrons. The van der Waals surface area contributed by atoms with Gasteiger partial charge in [-0.1, -0.05) is 12.1 Å². The van der Waals surface area contributed by atoms with Crippen LogP contribution in [0.4, 0.5) is 5.69 Å². The Morgan fingerprint density at radius 3 is 2.38 bits per heavy atom. The molecule has 1 heterocycles. The minimum Gasteiger partial charge on any atom is -0.496 e. The number of rotatable bonds is 4. The number of methoxy groups -OCH3 is 3. The van der Waals surface area contributed by atoms with Crippen LogP contribution < -0.4 is 19.1 Å². The van der Waals surface area contributed by atoms with E-state index in [9.17, 15) is 4.79 Å². The summed E-state index contributed by atoms with van der Waals surface area (Å²) in [5.41, 5.74) is 2.64. The number of amides is 1. The molecule has 6 heteroatoms. The molecule has 0 N–H and O–H groups in total. The van der Waals surface area contributed by atoms with Crippen molar-refractivity contribution in [3.05, 3.63) is 45.0 Å². The van der Waals surface area contributed by atoms with E-state index in [-0.39, 0.29) is 5.91 Å². The van der Waals surface area contributed by atoms with Crippen molar-refractivity contribution in [2.45, 2.75) is 6.42 Å². The van der Waals surface area contributed by atoms with Gasteiger partial charge in [0.2, 0.25) is 0 Å². The largest absolute Gasteiger partial charge is 0.496 e. The molecule has 1 aliphatic rings. The van der Waals surface area contributed by atoms with E-state index in [0.29, 0.717) is 29.4 Å². The zero-order valence-electron chi connectivity index (χ0n) is 13.8. The Morgan fingerprint density at radius 2 is 1.71 bits per heavy atom. The number of halogens is 1. The maximum Gasteiger partial charge on any atom is 0.262 e. The monoisotopic (exact) mass is 439 g/mol. The second-order valence-electron chi connectivity index (χ2n) is 5.36. The van der Waals surface area contributed by atoms with Crippen molar-refractivity contribution in [2.75, 3.05) is 32.8 Å². The van der Waals surface area contributed by atoms with Gasteiger partial charge in [-0.05, 0) is 40.6 Å². The summed E-state index contributed by atoms with van der Waals surface area (Å²) in [6.07, 6.45) is 0.855. The summed E-state index contributed by atoms with van der Waals surface area (Å²) in [5, 5.41) is 0. The topological polar surface area (TPSA) is 48.0 Å². The molecule has 0 aromatic heterocycles. The first kappa shape index (κ1) is 16.9. The number of benzene rings is 2. The summed E-state index contributed by atoms with van der Waals surface area (Å²) in [5.74, 6) is 1.40. The highest BCUT2D eigenvalue weighted by Gasteiger charge is 2.30. The molecule has 0 saturated carbocycles. The quantitative estimate of drug-likeness (QED) is 0.685. The third-order valence-corrected chi connectivity index (χ3v) is 5.00. The summed E-state index contributed by atoms with van der Waals surface area (Å²) in [7, 11) is 4.64. The number of fused-ring (bicyclic) bond motifs is 1. The lowest BCUT2D eigenvalue weighted by molar-refractivity contribution is 0.0986. The zero-order valence-corrected chi connectivity index (χ0v) is 15.9. The van der Waals surface area contributed by atoms with E-state index in [4.69, 9.17) is 14.2 Å². The van der Waals surface area contributed by atoms with Crippen molar-refractivity contribution in [2.24, 2.45) is 0 Å². The Kier molecular flexibility index (Phi) is 4.84. The summed E-state index contributed by atoms with van der Waals surface area (Å²) in [6, 6.07) is 9.45. The van der Waals surface area contributed by atoms with E-state index >= 15 is 0 Å². The maximum absolute atomic E-state index is 13.2. The number of anilines is 1. The predicted molar refractivity (Wildman–Crippen MR) is 101 cm³/mol. The normalized spacial score (nSPS) is 12.8. The molecule has 1 aliphatic heterocycles. The minimum atomic E-state index is -0.101. The van der Waals surface area contributed by atoms with Gasteiger partial charge in [0.15, 0.2) is 11.5 Å². The molecule has 0 fully saturated rings. The van der Waals surface area contributed by atoms with E-state index in [2.05, 4.69) is 28.7 Å². The highest BCUT2D eigenvalue weighted by atomic mass is 127. The average Bonchev–Trinajstić information content (AvgIpc) is 3.05. The molecule has 0 radical (unpaired) electrons. The number of nitrogens with zero attached hydrogens (tertiary/aromatic N) is 1. The third kappa shape index (κ3) is 2.79. The van der Waals surface area contributed by atoms with Gasteiger partial charge in [-0.15, -0.1) is 0 Å². The van der Waals surface area contributed by atoms with Gasteiger partial charge >= 0.3 is 0 Å². The minimum absolute atomic E-state index is 0.101. The maximum atomic E-state index is 13.2. The molecule has 1 amide bonds. The molecule has 0 unspecified atom stereocenters. The SMILES string of the molecule is COc1cc(OC)c(C(=O)N2CCc3cccc(I)c32)cc1OC. The van der Waals surface area contributed by atoms with Crippen LogP contribution in [-0.2, 0) is 6.42 Å². The lowest BCUT2D eigenvalue weighted by atomic mass is 10.1. The zero-order chi connectivity index (χ0) is 17.3. The second-order valence-corrected chi connectivity index (χ2v) is 6.52. The van der Waals surface area contributed by atoms with Crippen LogP contribution in [0.5, 0.6) is 17.2 Å². The fourth-order valence-electron chi connectivity index (χ4n) is 2.95. The molecular formula is C18H18INO4. The van der Waals surface area contributed by atoms with E-state index in [1.165, 1.54) is 5.56 Å². The Labute approximate surface area is 154 Å². The van der Waals surface area contributed by atoms with E-state index < -0.39 is 0 Å². The molecule has 0 spiro atoms. The van der Waals surface area contributed by atoms with Crippen molar-refractivity contribution in [3.8, 4) is 17.2 Å². The Hall–Kier alpha value is -1.96. The molecule has 2 aromatic carbocycles. The Morgan fingerprint density at radius 1 is 1.04 bits per heavy atom. The first-order chi connectivity index (χ1) is 11.6. The molecular weight excluding hydrogens is 421 g/mol. The highest BCUT2D eigenvalue weighted by Crippen LogP contribution is 2.38. The standard InChI is InChI=1S/C18H18INO4/c1-22-14-10-16(24-3)15(23-2)9-12(14)18(21)20-8-7-11-5-4-6-13(19)17(11)20/h4-6,9-10H,7-8H2,1-3H3. The summed E-state index contributed by atoms with van der Waals surface area (Å²) < 4.78 is 17.1. The smallest absolute Gasteiger partial charge is 0.262 e. The summed E-state index contributed by atoms with van der Waals surface area (Å²) >= 11 is 2.27. The fourth-order valence-corrected chi connectivity index (χ4v) is 3.80. The van der Waals surface area contributed by atoms with Crippen molar-refractivity contribution >= 4 is 34.2 Å². The van der Waals surface area contributed by atoms with Gasteiger partial charge in [0.25, 0.3) is 5.91 Å². The first-order valence-electron chi connectivity index (χ1n) is 7.50. The molecule has 2 aromatic rings. The van der Waals surface area contributed by atoms with E-state index in [1.54, 1.807) is 38.4 Å². The Bertz CT molecular complexity index is 791. The molecule has 5 nitrogen and oxygen atoms in total. The summed E-state index contributed by atoms with van der Waals surface area (Å²) in [4.78, 5) is 15.0. The third-order valence-electron chi connectivity index (χ3n) is 4.13. The van der Waals surface area contributed by atoms with Gasteiger partial charge in [0.05, 0.1) is 32.6 Å². The van der Waals surface area contributed by atoms with Crippen molar-refractivity contribution in [1.82, 2.24) is 0 Å². The van der Waals surface area contributed by atoms with Crippen LogP contribution in [-0.4, -0.2) is 33.8 Å². The number of hydrogen-bond donors (Lipinski definition) is 0. The number of carbonyl (C=O) groups excluding carboxylic acids is 1. The van der Waals surface area contributed by atoms with Gasteiger partial charge in [0.1, 0.15) is 5.75 Å². The van der Waals surface area contributed by atoms with Crippen LogP contribution in [0, 0.1) is 3.57 Å². The molecule has 0 bridgehead atoms. The molecule has 24 heavy (non-hydrogen) atoms. The summed E-state index contributed by atoms with van der Waals surface area (Å²) in [6.45, 7) is 0.658. The lowest BCUT2D eigenvalue weighted by Crippen LogP contribution is -2.29. The fraction of sp³-hybridized carbons (Fsp3) is 0.278. The van der Waals surface area contributed by atoms with Crippen LogP contribution in [0.3, 0.4) is 0 Å². The molecule has 3 rings (SSSR count). The van der Waals surface area contributed by atoms with Crippen LogP contribution in [0.25, 0.3) is 0 Å². The van der Waals surface area contributed by atoms with Crippen molar-refractivity contribution in [1.29, 1.82) is 0 Å². The molecule has 0 saturated heterocycles. The van der Waals surface area contributed by atoms with Gasteiger partial charge in [-0.25, -0.2) is 0 Å². The number of hydrogen-bond acceptors (Lipinski definition) is 4. The van der Waals surface area contributed by atoms with Crippen LogP contribution in [0.2, 0.25) is 0 Å². The number of para-hydroxylation sites is 1. The average molecular weight is 439 g/mol. The van der Waals surface area contributed by atoms with Gasteiger partial charge in [-0.2, -0.15) is 0 Å². The van der Waals surface area contributed by atoms with Gasteiger partial charge in [-0.3, -0.25) is 4.79 Å². The van der Waals surface area contributed by atoms with Crippen LogP contribution >= 0.6 is 22.6 Å². The van der Waals surface area contributed by atoms with Crippen LogP contribution in [0.1, 0.15) is 15.9 Å².